The predicted octanol–water partition coefficient (Wildman–Crippen LogP) is 4.72. The third kappa shape index (κ3) is 2.67. The summed E-state index contributed by atoms with van der Waals surface area (Å²) in [5, 5.41) is 20.0. The lowest BCUT2D eigenvalue weighted by molar-refractivity contribution is 0.0478. The van der Waals surface area contributed by atoms with E-state index in [9.17, 15) is 5.11 Å². The molecule has 1 aromatic heterocycles. The number of hydrogen-bond acceptors (Lipinski definition) is 4. The van der Waals surface area contributed by atoms with Gasteiger partial charge in [0.25, 0.3) is 0 Å². The van der Waals surface area contributed by atoms with E-state index < -0.39 is 5.60 Å². The van der Waals surface area contributed by atoms with Crippen LogP contribution in [0.1, 0.15) is 19.2 Å². The van der Waals surface area contributed by atoms with Crippen LogP contribution in [0.2, 0.25) is 0 Å². The molecule has 6 heteroatoms. The van der Waals surface area contributed by atoms with Gasteiger partial charge in [-0.05, 0) is 43.1 Å². The highest BCUT2D eigenvalue weighted by atomic mass is 32.1. The van der Waals surface area contributed by atoms with E-state index in [0.717, 1.165) is 16.5 Å². The van der Waals surface area contributed by atoms with Gasteiger partial charge in [-0.15, -0.1) is 0 Å². The van der Waals surface area contributed by atoms with Gasteiger partial charge >= 0.3 is 0 Å². The van der Waals surface area contributed by atoms with Crippen LogP contribution in [0, 0.1) is 4.77 Å². The highest BCUT2D eigenvalue weighted by Gasteiger charge is 2.28. The van der Waals surface area contributed by atoms with Gasteiger partial charge in [0.15, 0.2) is 10.6 Å². The van der Waals surface area contributed by atoms with Gasteiger partial charge in [0.1, 0.15) is 5.76 Å². The minimum absolute atomic E-state index is 0.135. The van der Waals surface area contributed by atoms with Gasteiger partial charge in [-0.25, -0.2) is 0 Å². The maximum absolute atomic E-state index is 10.6. The highest BCUT2D eigenvalue weighted by molar-refractivity contribution is 7.71. The van der Waals surface area contributed by atoms with Crippen molar-refractivity contribution in [1.82, 2.24) is 14.8 Å². The molecule has 1 atom stereocenters. The zero-order valence-corrected chi connectivity index (χ0v) is 15.4. The number of hydrogen-bond donors (Lipinski definition) is 2. The van der Waals surface area contributed by atoms with E-state index in [1.54, 1.807) is 13.2 Å². The first-order valence-electron chi connectivity index (χ1n) is 8.36. The van der Waals surface area contributed by atoms with E-state index in [1.807, 2.05) is 41.8 Å². The molecule has 26 heavy (non-hydrogen) atoms. The van der Waals surface area contributed by atoms with Crippen molar-refractivity contribution < 1.29 is 9.84 Å². The van der Waals surface area contributed by atoms with Crippen molar-refractivity contribution in [2.75, 3.05) is 7.11 Å². The molecule has 0 fully saturated rings. The Morgan fingerprint density at radius 1 is 1.23 bits per heavy atom. The Morgan fingerprint density at radius 3 is 2.77 bits per heavy atom. The number of ether oxygens (including phenoxy) is 1. The van der Waals surface area contributed by atoms with Crippen LogP contribution in [0.4, 0.5) is 0 Å². The number of aliphatic hydroxyl groups is 1. The van der Waals surface area contributed by atoms with Crippen molar-refractivity contribution in [3.8, 4) is 5.69 Å². The van der Waals surface area contributed by atoms with E-state index in [4.69, 9.17) is 17.0 Å². The molecule has 2 aromatic carbocycles. The fourth-order valence-electron chi connectivity index (χ4n) is 3.29. The highest BCUT2D eigenvalue weighted by Crippen LogP contribution is 2.34. The van der Waals surface area contributed by atoms with Gasteiger partial charge in [-0.2, -0.15) is 5.10 Å². The van der Waals surface area contributed by atoms with E-state index >= 15 is 0 Å². The smallest absolute Gasteiger partial charge is 0.200 e. The van der Waals surface area contributed by atoms with Crippen LogP contribution < -0.4 is 0 Å². The molecular formula is C20H19N3O2S. The molecule has 0 radical (unpaired) electrons. The molecule has 1 aliphatic rings. The SMILES string of the molecule is COC1(C)C=C(O)C(c2n[nH]c(=S)n2-c2cccc3ccccc23)=CC1. The second-order valence-electron chi connectivity index (χ2n) is 6.55. The lowest BCUT2D eigenvalue weighted by Gasteiger charge is -2.27. The number of aliphatic hydroxyl groups excluding tert-OH is 1. The Labute approximate surface area is 156 Å². The molecule has 0 aliphatic heterocycles. The topological polar surface area (TPSA) is 63.1 Å². The molecule has 3 aromatic rings. The van der Waals surface area contributed by atoms with Crippen molar-refractivity contribution >= 4 is 28.6 Å². The number of allylic oxidation sites excluding steroid dienone is 1. The van der Waals surface area contributed by atoms with Gasteiger partial charge in [0.05, 0.1) is 16.9 Å². The van der Waals surface area contributed by atoms with E-state index in [0.29, 0.717) is 22.6 Å². The Hall–Kier alpha value is -2.70. The van der Waals surface area contributed by atoms with Crippen LogP contribution in [-0.2, 0) is 4.74 Å². The summed E-state index contributed by atoms with van der Waals surface area (Å²) < 4.78 is 7.82. The lowest BCUT2D eigenvalue weighted by Crippen LogP contribution is -2.27. The number of aromatic nitrogens is 3. The van der Waals surface area contributed by atoms with Crippen LogP contribution >= 0.6 is 12.2 Å². The number of fused-ring (bicyclic) bond motifs is 1. The number of aromatic amines is 1. The van der Waals surface area contributed by atoms with Crippen LogP contribution in [-0.4, -0.2) is 32.6 Å². The lowest BCUT2D eigenvalue weighted by atomic mass is 9.92. The fraction of sp³-hybridized carbons (Fsp3) is 0.200. The normalized spacial score (nSPS) is 20.1. The van der Waals surface area contributed by atoms with Gasteiger partial charge < -0.3 is 9.84 Å². The molecule has 0 bridgehead atoms. The standard InChI is InChI=1S/C20H19N3O2S/c1-20(25-2)11-10-15(17(24)12-20)18-21-22-19(26)23(18)16-9-5-7-13-6-3-4-8-14(13)16/h3-10,12,24H,11H2,1-2H3,(H,22,26). The summed E-state index contributed by atoms with van der Waals surface area (Å²) in [6, 6.07) is 14.2. The first-order chi connectivity index (χ1) is 12.5. The Kier molecular flexibility index (Phi) is 4.01. The minimum Gasteiger partial charge on any atom is -0.507 e. The Balaban J connectivity index is 1.91. The van der Waals surface area contributed by atoms with Crippen molar-refractivity contribution in [3.05, 3.63) is 71.0 Å². The van der Waals surface area contributed by atoms with Crippen molar-refractivity contribution in [2.24, 2.45) is 0 Å². The minimum atomic E-state index is -0.523. The molecule has 0 spiro atoms. The largest absolute Gasteiger partial charge is 0.507 e. The molecular weight excluding hydrogens is 346 g/mol. The summed E-state index contributed by atoms with van der Waals surface area (Å²) in [6.45, 7) is 1.93. The number of benzene rings is 2. The van der Waals surface area contributed by atoms with Gasteiger partial charge in [0.2, 0.25) is 0 Å². The summed E-state index contributed by atoms with van der Waals surface area (Å²) in [5.41, 5.74) is 1.04. The molecule has 0 amide bonds. The molecule has 132 valence electrons. The number of methoxy groups -OCH3 is 1. The van der Waals surface area contributed by atoms with Gasteiger partial charge in [-0.3, -0.25) is 9.67 Å². The molecule has 1 heterocycles. The summed E-state index contributed by atoms with van der Waals surface area (Å²) in [6.07, 6.45) is 4.29. The Bertz CT molecular complexity index is 1100. The summed E-state index contributed by atoms with van der Waals surface area (Å²) >= 11 is 5.49. The second kappa shape index (κ2) is 6.23. The first-order valence-corrected chi connectivity index (χ1v) is 8.77. The zero-order chi connectivity index (χ0) is 18.3. The van der Waals surface area contributed by atoms with Gasteiger partial charge in [0, 0.05) is 12.5 Å². The van der Waals surface area contributed by atoms with Crippen LogP contribution in [0.3, 0.4) is 0 Å². The second-order valence-corrected chi connectivity index (χ2v) is 6.94. The molecule has 0 saturated heterocycles. The van der Waals surface area contributed by atoms with Crippen molar-refractivity contribution in [2.45, 2.75) is 18.9 Å². The zero-order valence-electron chi connectivity index (χ0n) is 14.6. The average molecular weight is 365 g/mol. The third-order valence-electron chi connectivity index (χ3n) is 4.82. The average Bonchev–Trinajstić information content (AvgIpc) is 3.02. The van der Waals surface area contributed by atoms with Crippen LogP contribution in [0.5, 0.6) is 0 Å². The number of rotatable bonds is 3. The first kappa shape index (κ1) is 16.8. The van der Waals surface area contributed by atoms with Crippen LogP contribution in [0.15, 0.2) is 60.4 Å². The quantitative estimate of drug-likeness (QED) is 0.660. The van der Waals surface area contributed by atoms with E-state index in [2.05, 4.69) is 28.4 Å². The molecule has 1 unspecified atom stereocenters. The third-order valence-corrected chi connectivity index (χ3v) is 5.09. The number of H-pyrrole nitrogens is 1. The monoisotopic (exact) mass is 365 g/mol. The predicted molar refractivity (Wildman–Crippen MR) is 105 cm³/mol. The summed E-state index contributed by atoms with van der Waals surface area (Å²) in [7, 11) is 1.63. The molecule has 5 nitrogen and oxygen atoms in total. The molecule has 4 rings (SSSR count). The molecule has 0 saturated carbocycles. The van der Waals surface area contributed by atoms with Crippen molar-refractivity contribution in [3.63, 3.8) is 0 Å². The molecule has 1 aliphatic carbocycles. The van der Waals surface area contributed by atoms with Crippen molar-refractivity contribution in [1.29, 1.82) is 0 Å². The van der Waals surface area contributed by atoms with Crippen LogP contribution in [0.25, 0.3) is 22.0 Å². The summed E-state index contributed by atoms with van der Waals surface area (Å²) in [5.74, 6) is 0.717. The summed E-state index contributed by atoms with van der Waals surface area (Å²) in [4.78, 5) is 0. The van der Waals surface area contributed by atoms with E-state index in [-0.39, 0.29) is 5.76 Å². The maximum Gasteiger partial charge on any atom is 0.200 e. The molecule has 2 N–H and O–H groups in total. The fourth-order valence-corrected chi connectivity index (χ4v) is 3.52. The number of nitrogens with zero attached hydrogens (tertiary/aromatic N) is 2. The van der Waals surface area contributed by atoms with E-state index in [1.165, 1.54) is 0 Å². The number of nitrogens with one attached hydrogen (secondary N) is 1. The maximum atomic E-state index is 10.6. The Morgan fingerprint density at radius 2 is 2.00 bits per heavy atom. The van der Waals surface area contributed by atoms with Gasteiger partial charge in [-0.1, -0.05) is 42.5 Å².